The molecule has 8 heteroatoms. The molecule has 0 atom stereocenters. The number of nitrogens with zero attached hydrogens (tertiary/aromatic N) is 4. The molecule has 190 valence electrons. The minimum absolute atomic E-state index is 0.0430. The number of fused-ring (bicyclic) bond motifs is 1. The van der Waals surface area contributed by atoms with Crippen LogP contribution in [-0.2, 0) is 4.74 Å². The maximum atomic E-state index is 12.8. The van der Waals surface area contributed by atoms with Gasteiger partial charge >= 0.3 is 0 Å². The van der Waals surface area contributed by atoms with Crippen LogP contribution in [-0.4, -0.2) is 65.0 Å². The fraction of sp³-hybridized carbons (Fsp3) is 0.345. The van der Waals surface area contributed by atoms with Crippen LogP contribution in [0.4, 0.5) is 11.5 Å². The summed E-state index contributed by atoms with van der Waals surface area (Å²) in [6, 6.07) is 14.6. The quantitative estimate of drug-likeness (QED) is 0.408. The molecule has 2 saturated heterocycles. The van der Waals surface area contributed by atoms with E-state index in [0.717, 1.165) is 64.9 Å². The number of carbonyl (C=O) groups excluding carboxylic acids is 1. The minimum Gasteiger partial charge on any atom is -0.378 e. The van der Waals surface area contributed by atoms with Crippen LogP contribution >= 0.6 is 0 Å². The van der Waals surface area contributed by atoms with Crippen molar-refractivity contribution >= 4 is 28.2 Å². The van der Waals surface area contributed by atoms with E-state index < -0.39 is 0 Å². The summed E-state index contributed by atoms with van der Waals surface area (Å²) < 4.78 is 7.41. The number of benzene rings is 2. The number of piperidine rings is 1. The highest BCUT2D eigenvalue weighted by Gasteiger charge is 2.31. The Hall–Kier alpha value is -3.75. The number of hydrogen-bond acceptors (Lipinski definition) is 6. The van der Waals surface area contributed by atoms with Crippen LogP contribution < -0.4 is 10.6 Å². The second-order valence-electron chi connectivity index (χ2n) is 10.0. The van der Waals surface area contributed by atoms with Crippen molar-refractivity contribution in [2.75, 3.05) is 38.6 Å². The highest BCUT2D eigenvalue weighted by Crippen LogP contribution is 2.32. The molecule has 2 aromatic heterocycles. The van der Waals surface area contributed by atoms with E-state index in [1.807, 2.05) is 42.4 Å². The van der Waals surface area contributed by atoms with Gasteiger partial charge in [0.05, 0.1) is 18.3 Å². The van der Waals surface area contributed by atoms with Crippen molar-refractivity contribution < 1.29 is 9.53 Å². The van der Waals surface area contributed by atoms with Gasteiger partial charge in [-0.1, -0.05) is 18.2 Å². The first-order chi connectivity index (χ1) is 18.1. The van der Waals surface area contributed by atoms with Gasteiger partial charge in [-0.2, -0.15) is 5.10 Å². The van der Waals surface area contributed by atoms with E-state index in [9.17, 15) is 4.79 Å². The number of rotatable bonds is 6. The van der Waals surface area contributed by atoms with E-state index >= 15 is 0 Å². The van der Waals surface area contributed by atoms with E-state index in [4.69, 9.17) is 9.84 Å². The molecular formula is C29H32N6O2. The van der Waals surface area contributed by atoms with Crippen molar-refractivity contribution in [1.82, 2.24) is 25.0 Å². The van der Waals surface area contributed by atoms with Gasteiger partial charge in [-0.15, -0.1) is 0 Å². The Bertz CT molecular complexity index is 1440. The number of anilines is 2. The molecule has 0 saturated carbocycles. The number of pyridine rings is 1. The van der Waals surface area contributed by atoms with Crippen molar-refractivity contribution in [2.45, 2.75) is 31.9 Å². The summed E-state index contributed by atoms with van der Waals surface area (Å²) in [5.41, 5.74) is 4.87. The highest BCUT2D eigenvalue weighted by atomic mass is 16.5. The standard InChI is InChI=1S/C29H32N6O2/c1-19-12-20(29(36)34-17-24(18-34)37-2)6-7-27(19)33-28-13-26-21(14-31-28)4-3-5-25(26)22-15-32-35(16-22)23-8-10-30-11-9-23/h3-7,12-16,23-24,30H,8-11,17-18H2,1-2H3,(H,31,33). The minimum atomic E-state index is 0.0430. The van der Waals surface area contributed by atoms with Gasteiger partial charge in [-0.25, -0.2) is 4.98 Å². The monoisotopic (exact) mass is 496 g/mol. The predicted octanol–water partition coefficient (Wildman–Crippen LogP) is 4.55. The van der Waals surface area contributed by atoms with Crippen molar-refractivity contribution in [3.63, 3.8) is 0 Å². The number of ether oxygens (including phenoxy) is 1. The van der Waals surface area contributed by atoms with Crippen LogP contribution in [0.2, 0.25) is 0 Å². The molecule has 4 heterocycles. The topological polar surface area (TPSA) is 84.3 Å². The summed E-state index contributed by atoms with van der Waals surface area (Å²) in [4.78, 5) is 19.2. The third-order valence-electron chi connectivity index (χ3n) is 7.56. The molecule has 1 amide bonds. The summed E-state index contributed by atoms with van der Waals surface area (Å²) >= 11 is 0. The summed E-state index contributed by atoms with van der Waals surface area (Å²) in [7, 11) is 1.68. The molecule has 0 radical (unpaired) electrons. The second-order valence-corrected chi connectivity index (χ2v) is 10.0. The van der Waals surface area contributed by atoms with Gasteiger partial charge in [0.1, 0.15) is 5.82 Å². The van der Waals surface area contributed by atoms with Crippen molar-refractivity contribution in [1.29, 1.82) is 0 Å². The molecule has 2 N–H and O–H groups in total. The van der Waals surface area contributed by atoms with Gasteiger partial charge in [0.25, 0.3) is 5.91 Å². The summed E-state index contributed by atoms with van der Waals surface area (Å²) in [6.45, 7) is 5.38. The van der Waals surface area contributed by atoms with Crippen molar-refractivity contribution in [3.05, 3.63) is 72.2 Å². The molecule has 0 spiro atoms. The lowest BCUT2D eigenvalue weighted by atomic mass is 10.0. The van der Waals surface area contributed by atoms with E-state index in [2.05, 4.69) is 50.8 Å². The van der Waals surface area contributed by atoms with Crippen LogP contribution in [0, 0.1) is 6.92 Å². The molecule has 4 aromatic rings. The number of methoxy groups -OCH3 is 1. The molecular weight excluding hydrogens is 464 g/mol. The van der Waals surface area contributed by atoms with E-state index in [1.165, 1.54) is 0 Å². The summed E-state index contributed by atoms with van der Waals surface area (Å²) in [5, 5.41) is 13.8. The van der Waals surface area contributed by atoms with Crippen molar-refractivity contribution in [3.8, 4) is 11.1 Å². The maximum Gasteiger partial charge on any atom is 0.254 e. The molecule has 0 bridgehead atoms. The highest BCUT2D eigenvalue weighted by molar-refractivity contribution is 5.98. The normalized spacial score (nSPS) is 16.6. The maximum absolute atomic E-state index is 12.8. The van der Waals surface area contributed by atoms with Gasteiger partial charge < -0.3 is 20.3 Å². The first-order valence-corrected chi connectivity index (χ1v) is 12.9. The fourth-order valence-corrected chi connectivity index (χ4v) is 5.25. The summed E-state index contributed by atoms with van der Waals surface area (Å²) in [5.74, 6) is 0.806. The third kappa shape index (κ3) is 4.70. The lowest BCUT2D eigenvalue weighted by Gasteiger charge is -2.38. The zero-order chi connectivity index (χ0) is 25.4. The first kappa shape index (κ1) is 23.6. The zero-order valence-electron chi connectivity index (χ0n) is 21.3. The van der Waals surface area contributed by atoms with Gasteiger partial charge in [0.2, 0.25) is 0 Å². The molecule has 0 unspecified atom stereocenters. The number of aromatic nitrogens is 3. The Morgan fingerprint density at radius 3 is 2.73 bits per heavy atom. The van der Waals surface area contributed by atoms with Crippen molar-refractivity contribution in [2.24, 2.45) is 0 Å². The summed E-state index contributed by atoms with van der Waals surface area (Å²) in [6.07, 6.45) is 8.40. The molecule has 2 fully saturated rings. The molecule has 2 aliphatic heterocycles. The predicted molar refractivity (Wildman–Crippen MR) is 145 cm³/mol. The molecule has 0 aliphatic carbocycles. The number of nitrogens with one attached hydrogen (secondary N) is 2. The zero-order valence-corrected chi connectivity index (χ0v) is 21.3. The number of aryl methyl sites for hydroxylation is 1. The number of amides is 1. The Labute approximate surface area is 216 Å². The average molecular weight is 497 g/mol. The SMILES string of the molecule is COC1CN(C(=O)c2ccc(Nc3cc4c(-c5cnn(C6CCNCC6)c5)cccc4cn3)c(C)c2)C1. The van der Waals surface area contributed by atoms with E-state index in [0.29, 0.717) is 24.7 Å². The smallest absolute Gasteiger partial charge is 0.254 e. The van der Waals surface area contributed by atoms with Gasteiger partial charge in [0, 0.05) is 54.8 Å². The Kier molecular flexibility index (Phi) is 6.36. The Morgan fingerprint density at radius 2 is 1.95 bits per heavy atom. The van der Waals surface area contributed by atoms with Crippen LogP contribution in [0.25, 0.3) is 21.9 Å². The molecule has 37 heavy (non-hydrogen) atoms. The molecule has 2 aromatic carbocycles. The number of likely N-dealkylation sites (tertiary alicyclic amines) is 1. The van der Waals surface area contributed by atoms with Gasteiger partial charge in [-0.3, -0.25) is 9.48 Å². The molecule has 2 aliphatic rings. The van der Waals surface area contributed by atoms with Crippen LogP contribution in [0.3, 0.4) is 0 Å². The Balaban J connectivity index is 1.24. The molecule has 6 rings (SSSR count). The lowest BCUT2D eigenvalue weighted by Crippen LogP contribution is -2.54. The third-order valence-corrected chi connectivity index (χ3v) is 7.56. The van der Waals surface area contributed by atoms with Crippen LogP contribution in [0.5, 0.6) is 0 Å². The Morgan fingerprint density at radius 1 is 1.11 bits per heavy atom. The first-order valence-electron chi connectivity index (χ1n) is 12.9. The number of hydrogen-bond donors (Lipinski definition) is 2. The lowest BCUT2D eigenvalue weighted by molar-refractivity contribution is -0.0191. The van der Waals surface area contributed by atoms with Gasteiger partial charge in [0.15, 0.2) is 0 Å². The average Bonchev–Trinajstić information content (AvgIpc) is 3.39. The van der Waals surface area contributed by atoms with E-state index in [-0.39, 0.29) is 12.0 Å². The molecule has 8 nitrogen and oxygen atoms in total. The van der Waals surface area contributed by atoms with E-state index in [1.54, 1.807) is 7.11 Å². The fourth-order valence-electron chi connectivity index (χ4n) is 5.25. The second kappa shape index (κ2) is 9.95. The largest absolute Gasteiger partial charge is 0.378 e. The number of carbonyl (C=O) groups is 1. The van der Waals surface area contributed by atoms with Crippen LogP contribution in [0.1, 0.15) is 34.8 Å². The van der Waals surface area contributed by atoms with Crippen LogP contribution in [0.15, 0.2) is 61.1 Å². The van der Waals surface area contributed by atoms with Gasteiger partial charge in [-0.05, 0) is 73.6 Å².